The van der Waals surface area contributed by atoms with E-state index in [0.717, 1.165) is 29.7 Å². The summed E-state index contributed by atoms with van der Waals surface area (Å²) in [6.07, 6.45) is 10.5. The van der Waals surface area contributed by atoms with Gasteiger partial charge in [0.15, 0.2) is 0 Å². The van der Waals surface area contributed by atoms with Crippen molar-refractivity contribution in [2.75, 3.05) is 6.54 Å². The molecule has 86 valence electrons. The van der Waals surface area contributed by atoms with Gasteiger partial charge in [0.05, 0.1) is 0 Å². The highest BCUT2D eigenvalue weighted by Gasteiger charge is 2.41. The molecule has 0 aliphatic heterocycles. The molecule has 0 amide bonds. The second kappa shape index (κ2) is 4.08. The van der Waals surface area contributed by atoms with Crippen LogP contribution in [0.3, 0.4) is 0 Å². The minimum Gasteiger partial charge on any atom is -0.314 e. The van der Waals surface area contributed by atoms with Crippen LogP contribution >= 0.6 is 0 Å². The van der Waals surface area contributed by atoms with Crippen LogP contribution in [0.15, 0.2) is 0 Å². The van der Waals surface area contributed by atoms with Gasteiger partial charge in [-0.2, -0.15) is 0 Å². The Kier molecular flexibility index (Phi) is 2.76. The summed E-state index contributed by atoms with van der Waals surface area (Å²) in [7, 11) is 0. The Labute approximate surface area is 94.0 Å². The molecule has 0 spiro atoms. The van der Waals surface area contributed by atoms with Crippen LogP contribution in [0.1, 0.15) is 51.9 Å². The van der Waals surface area contributed by atoms with Gasteiger partial charge in [0.1, 0.15) is 0 Å². The summed E-state index contributed by atoms with van der Waals surface area (Å²) in [6.45, 7) is 3.71. The second-order valence-corrected chi connectivity index (χ2v) is 6.33. The fraction of sp³-hybridized carbons (Fsp3) is 1.00. The monoisotopic (exact) mass is 207 g/mol. The number of nitrogens with one attached hydrogen (secondary N) is 1. The first-order valence-electron chi connectivity index (χ1n) is 7.06. The zero-order chi connectivity index (χ0) is 10.3. The molecule has 0 heterocycles. The average molecular weight is 207 g/mol. The SMILES string of the molecule is CC(CC1CC1)NCC(C1CC1)C1CC1. The smallest absolute Gasteiger partial charge is 0.00414 e. The van der Waals surface area contributed by atoms with Gasteiger partial charge in [-0.15, -0.1) is 0 Å². The molecule has 0 radical (unpaired) electrons. The molecule has 3 saturated carbocycles. The summed E-state index contributed by atoms with van der Waals surface area (Å²) in [4.78, 5) is 0. The van der Waals surface area contributed by atoms with Gasteiger partial charge in [-0.3, -0.25) is 0 Å². The molecule has 0 aromatic carbocycles. The minimum absolute atomic E-state index is 0.775. The standard InChI is InChI=1S/C14H25N/c1-10(8-11-2-3-11)15-9-14(12-4-5-12)13-6-7-13/h10-15H,2-9H2,1H3. The number of hydrogen-bond donors (Lipinski definition) is 1. The van der Waals surface area contributed by atoms with Gasteiger partial charge in [-0.25, -0.2) is 0 Å². The Morgan fingerprint density at radius 1 is 1.00 bits per heavy atom. The summed E-state index contributed by atoms with van der Waals surface area (Å²) in [5, 5.41) is 3.80. The molecule has 3 aliphatic rings. The Morgan fingerprint density at radius 2 is 1.60 bits per heavy atom. The summed E-state index contributed by atoms with van der Waals surface area (Å²) in [5.41, 5.74) is 0. The van der Waals surface area contributed by atoms with E-state index in [4.69, 9.17) is 0 Å². The Hall–Kier alpha value is -0.0400. The van der Waals surface area contributed by atoms with E-state index < -0.39 is 0 Å². The Balaban J connectivity index is 1.38. The quantitative estimate of drug-likeness (QED) is 0.676. The van der Waals surface area contributed by atoms with Crippen molar-refractivity contribution in [1.82, 2.24) is 5.32 Å². The molecule has 1 N–H and O–H groups in total. The van der Waals surface area contributed by atoms with E-state index >= 15 is 0 Å². The second-order valence-electron chi connectivity index (χ2n) is 6.33. The van der Waals surface area contributed by atoms with Crippen LogP contribution in [0.5, 0.6) is 0 Å². The van der Waals surface area contributed by atoms with Crippen molar-refractivity contribution in [2.45, 2.75) is 57.9 Å². The molecular formula is C14H25N. The molecule has 3 aliphatic carbocycles. The molecule has 3 fully saturated rings. The van der Waals surface area contributed by atoms with Gasteiger partial charge in [0.2, 0.25) is 0 Å². The predicted octanol–water partition coefficient (Wildman–Crippen LogP) is 3.20. The van der Waals surface area contributed by atoms with Crippen LogP contribution in [0.2, 0.25) is 0 Å². The maximum Gasteiger partial charge on any atom is 0.00414 e. The van der Waals surface area contributed by atoms with Crippen molar-refractivity contribution in [1.29, 1.82) is 0 Å². The topological polar surface area (TPSA) is 12.0 Å². The molecule has 15 heavy (non-hydrogen) atoms. The molecule has 1 heteroatoms. The van der Waals surface area contributed by atoms with E-state index in [2.05, 4.69) is 12.2 Å². The van der Waals surface area contributed by atoms with E-state index in [9.17, 15) is 0 Å². The lowest BCUT2D eigenvalue weighted by molar-refractivity contribution is 0.350. The van der Waals surface area contributed by atoms with Crippen molar-refractivity contribution >= 4 is 0 Å². The fourth-order valence-corrected chi connectivity index (χ4v) is 3.04. The van der Waals surface area contributed by atoms with Gasteiger partial charge in [-0.1, -0.05) is 12.8 Å². The third-order valence-corrected chi connectivity index (χ3v) is 4.54. The van der Waals surface area contributed by atoms with Crippen LogP contribution in [0.25, 0.3) is 0 Å². The van der Waals surface area contributed by atoms with Crippen LogP contribution in [-0.2, 0) is 0 Å². The van der Waals surface area contributed by atoms with Crippen molar-refractivity contribution in [2.24, 2.45) is 23.7 Å². The van der Waals surface area contributed by atoms with Gasteiger partial charge < -0.3 is 5.32 Å². The van der Waals surface area contributed by atoms with E-state index in [-0.39, 0.29) is 0 Å². The van der Waals surface area contributed by atoms with E-state index in [0.29, 0.717) is 0 Å². The zero-order valence-electron chi connectivity index (χ0n) is 10.0. The summed E-state index contributed by atoms with van der Waals surface area (Å²) in [5.74, 6) is 4.34. The Bertz CT molecular complexity index is 201. The molecule has 0 aromatic rings. The highest BCUT2D eigenvalue weighted by atomic mass is 14.9. The summed E-state index contributed by atoms with van der Waals surface area (Å²) >= 11 is 0. The van der Waals surface area contributed by atoms with Gasteiger partial charge in [0.25, 0.3) is 0 Å². The normalized spacial score (nSPS) is 28.4. The number of hydrogen-bond acceptors (Lipinski definition) is 1. The predicted molar refractivity (Wildman–Crippen MR) is 63.7 cm³/mol. The van der Waals surface area contributed by atoms with Gasteiger partial charge in [0, 0.05) is 6.04 Å². The lowest BCUT2D eigenvalue weighted by atomic mass is 9.97. The molecule has 1 nitrogen and oxygen atoms in total. The van der Waals surface area contributed by atoms with Gasteiger partial charge in [-0.05, 0) is 69.2 Å². The van der Waals surface area contributed by atoms with Gasteiger partial charge >= 0.3 is 0 Å². The largest absolute Gasteiger partial charge is 0.314 e. The van der Waals surface area contributed by atoms with E-state index in [1.165, 1.54) is 51.5 Å². The first-order chi connectivity index (χ1) is 7.33. The lowest BCUT2D eigenvalue weighted by Gasteiger charge is -2.20. The van der Waals surface area contributed by atoms with Crippen molar-refractivity contribution in [3.63, 3.8) is 0 Å². The molecular weight excluding hydrogens is 182 g/mol. The Morgan fingerprint density at radius 3 is 2.07 bits per heavy atom. The third-order valence-electron chi connectivity index (χ3n) is 4.54. The van der Waals surface area contributed by atoms with Crippen LogP contribution in [0.4, 0.5) is 0 Å². The first kappa shape index (κ1) is 10.1. The van der Waals surface area contributed by atoms with E-state index in [1.807, 2.05) is 0 Å². The van der Waals surface area contributed by atoms with Crippen LogP contribution in [0, 0.1) is 23.7 Å². The van der Waals surface area contributed by atoms with Crippen molar-refractivity contribution in [3.05, 3.63) is 0 Å². The molecule has 0 saturated heterocycles. The minimum atomic E-state index is 0.775. The fourth-order valence-electron chi connectivity index (χ4n) is 3.04. The van der Waals surface area contributed by atoms with E-state index in [1.54, 1.807) is 0 Å². The molecule has 0 aromatic heterocycles. The highest BCUT2D eigenvalue weighted by molar-refractivity contribution is 4.93. The summed E-state index contributed by atoms with van der Waals surface area (Å²) in [6, 6.07) is 0.775. The average Bonchev–Trinajstić information content (AvgIpc) is 3.04. The highest BCUT2D eigenvalue weighted by Crippen LogP contribution is 2.48. The maximum atomic E-state index is 3.80. The summed E-state index contributed by atoms with van der Waals surface area (Å²) < 4.78 is 0. The lowest BCUT2D eigenvalue weighted by Crippen LogP contribution is -2.33. The maximum absolute atomic E-state index is 3.80. The molecule has 3 rings (SSSR count). The van der Waals surface area contributed by atoms with Crippen LogP contribution in [-0.4, -0.2) is 12.6 Å². The molecule has 1 unspecified atom stereocenters. The van der Waals surface area contributed by atoms with Crippen LogP contribution < -0.4 is 5.32 Å². The van der Waals surface area contributed by atoms with Crippen molar-refractivity contribution in [3.8, 4) is 0 Å². The zero-order valence-corrected chi connectivity index (χ0v) is 10.0. The first-order valence-corrected chi connectivity index (χ1v) is 7.06. The third kappa shape index (κ3) is 2.96. The molecule has 1 atom stereocenters. The molecule has 0 bridgehead atoms. The number of rotatable bonds is 7. The van der Waals surface area contributed by atoms with Crippen molar-refractivity contribution < 1.29 is 0 Å².